The van der Waals surface area contributed by atoms with E-state index < -0.39 is 31.1 Å². The van der Waals surface area contributed by atoms with Gasteiger partial charge in [0.05, 0.1) is 12.4 Å². The van der Waals surface area contributed by atoms with Crippen molar-refractivity contribution < 1.29 is 21.9 Å². The number of benzene rings is 1. The summed E-state index contributed by atoms with van der Waals surface area (Å²) in [6.45, 7) is 8.75. The fraction of sp³-hybridized carbons (Fsp3) is 0.292. The molecule has 0 saturated heterocycles. The Bertz CT molecular complexity index is 1400. The Kier molecular flexibility index (Phi) is 7.38. The normalized spacial score (nSPS) is 22.7. The van der Waals surface area contributed by atoms with Crippen LogP contribution in [0.5, 0.6) is 5.88 Å². The predicted molar refractivity (Wildman–Crippen MR) is 135 cm³/mol. The van der Waals surface area contributed by atoms with Gasteiger partial charge in [-0.3, -0.25) is 0 Å². The summed E-state index contributed by atoms with van der Waals surface area (Å²) in [4.78, 5) is 12.3. The lowest BCUT2D eigenvalue weighted by Crippen LogP contribution is -2.47. The van der Waals surface area contributed by atoms with Crippen LogP contribution in [0.1, 0.15) is 37.6 Å². The van der Waals surface area contributed by atoms with Gasteiger partial charge in [-0.2, -0.15) is 0 Å². The summed E-state index contributed by atoms with van der Waals surface area (Å²) in [6, 6.07) is 3.90. The molecule has 0 spiro atoms. The van der Waals surface area contributed by atoms with Gasteiger partial charge in [-0.15, -0.1) is 5.92 Å². The molecule has 1 aliphatic heterocycles. The van der Waals surface area contributed by atoms with Gasteiger partial charge in [-0.05, 0) is 50.1 Å². The number of rotatable bonds is 6. The van der Waals surface area contributed by atoms with Crippen molar-refractivity contribution in [1.82, 2.24) is 9.97 Å². The van der Waals surface area contributed by atoms with Crippen LogP contribution in [-0.2, 0) is 15.4 Å². The summed E-state index contributed by atoms with van der Waals surface area (Å²) in [7, 11) is -3.70. The van der Waals surface area contributed by atoms with Crippen molar-refractivity contribution in [3.8, 4) is 17.7 Å². The maximum Gasteiger partial charge on any atom is 0.233 e. The summed E-state index contributed by atoms with van der Waals surface area (Å²) in [6.07, 6.45) is 4.69. The maximum atomic E-state index is 15.0. The van der Waals surface area contributed by atoms with E-state index in [2.05, 4.69) is 33.4 Å². The zero-order chi connectivity index (χ0) is 26.0. The summed E-state index contributed by atoms with van der Waals surface area (Å²) in [5.41, 5.74) is 4.84. The van der Waals surface area contributed by atoms with Crippen molar-refractivity contribution in [2.45, 2.75) is 30.4 Å². The second kappa shape index (κ2) is 9.79. The topological polar surface area (TPSA) is 108 Å². The van der Waals surface area contributed by atoms with Crippen molar-refractivity contribution in [1.29, 1.82) is 0 Å². The molecule has 7 nitrogen and oxygen atoms in total. The third-order valence-electron chi connectivity index (χ3n) is 5.63. The van der Waals surface area contributed by atoms with Crippen LogP contribution in [0.15, 0.2) is 47.7 Å². The number of thioether (sulfide) groups is 1. The quantitative estimate of drug-likeness (QED) is 0.454. The second-order valence-corrected chi connectivity index (χ2v) is 12.1. The minimum Gasteiger partial charge on any atom is -0.463 e. The number of nitrogens with zero attached hydrogens (tertiary/aromatic N) is 3. The molecular weight excluding hydrogens is 494 g/mol. The van der Waals surface area contributed by atoms with E-state index in [0.717, 1.165) is 30.2 Å². The molecule has 0 bridgehead atoms. The Balaban J connectivity index is 1.99. The van der Waals surface area contributed by atoms with Gasteiger partial charge in [-0.25, -0.2) is 32.2 Å². The molecule has 2 heterocycles. The van der Waals surface area contributed by atoms with E-state index in [1.807, 2.05) is 0 Å². The molecule has 11 heteroatoms. The molecule has 0 radical (unpaired) electrons. The van der Waals surface area contributed by atoms with Gasteiger partial charge in [0, 0.05) is 11.8 Å². The highest BCUT2D eigenvalue weighted by atomic mass is 32.3. The Hall–Kier alpha value is -3.23. The lowest BCUT2D eigenvalue weighted by Gasteiger charge is -2.42. The van der Waals surface area contributed by atoms with E-state index in [-0.39, 0.29) is 34.5 Å². The molecular formula is C24H24F2N4O3S2. The number of amidine groups is 1. The van der Waals surface area contributed by atoms with Crippen LogP contribution in [0, 0.1) is 17.7 Å². The van der Waals surface area contributed by atoms with Gasteiger partial charge >= 0.3 is 0 Å². The average molecular weight is 519 g/mol. The molecule has 2 atom stereocenters. The number of hydrogen-bond acceptors (Lipinski definition) is 8. The number of halogens is 2. The zero-order valence-corrected chi connectivity index (χ0v) is 21.2. The first-order valence-electron chi connectivity index (χ1n) is 10.3. The molecule has 184 valence electrons. The van der Waals surface area contributed by atoms with Crippen LogP contribution in [0.2, 0.25) is 0 Å². The average Bonchev–Trinajstić information content (AvgIpc) is 2.78. The number of sulfone groups is 1. The van der Waals surface area contributed by atoms with Crippen LogP contribution >= 0.6 is 11.8 Å². The van der Waals surface area contributed by atoms with E-state index in [0.29, 0.717) is 5.56 Å². The fourth-order valence-corrected chi connectivity index (χ4v) is 5.92. The van der Waals surface area contributed by atoms with Crippen molar-refractivity contribution in [2.24, 2.45) is 10.7 Å². The standard InChI is InChI=1S/C24H24F2N4O3S2/c1-6-7-10-33-21-14-28-20(13-29-21)19(26)12-16-8-9-18(25)17(11-16)23(3)15(2)24(4,35(5,31)32)34-22(27)30-23/h8-9,11-14H,2,10H2,1,3-5H3,(H2,27,30)/b19-12-/t23-,24+/m0/s1. The minimum absolute atomic E-state index is 0.00837. The number of hydrogen-bond donors (Lipinski definition) is 1. The van der Waals surface area contributed by atoms with E-state index in [4.69, 9.17) is 10.5 Å². The van der Waals surface area contributed by atoms with Crippen LogP contribution in [0.3, 0.4) is 0 Å². The number of aromatic nitrogens is 2. The van der Waals surface area contributed by atoms with Crippen molar-refractivity contribution >= 4 is 38.7 Å². The van der Waals surface area contributed by atoms with E-state index >= 15 is 4.39 Å². The van der Waals surface area contributed by atoms with Gasteiger partial charge < -0.3 is 10.5 Å². The first kappa shape index (κ1) is 26.4. The lowest BCUT2D eigenvalue weighted by molar-refractivity contribution is 0.353. The van der Waals surface area contributed by atoms with Crippen molar-refractivity contribution in [3.05, 3.63) is 65.4 Å². The zero-order valence-electron chi connectivity index (χ0n) is 19.6. The molecule has 1 aromatic carbocycles. The molecule has 1 aromatic heterocycles. The SMILES string of the molecule is C=C1[C@@](C)(c2cc(/C=C(\F)c3cnc(OCC#CC)cn3)ccc2F)N=C(N)S[C@]1(C)S(C)(=O)=O. The minimum atomic E-state index is -3.70. The third-order valence-corrected chi connectivity index (χ3v) is 9.38. The molecule has 35 heavy (non-hydrogen) atoms. The first-order chi connectivity index (χ1) is 16.3. The Labute approximate surface area is 207 Å². The van der Waals surface area contributed by atoms with Gasteiger partial charge in [-0.1, -0.05) is 30.3 Å². The molecule has 0 unspecified atom stereocenters. The maximum absolute atomic E-state index is 15.0. The summed E-state index contributed by atoms with van der Waals surface area (Å²) < 4.78 is 58.8. The monoisotopic (exact) mass is 518 g/mol. The largest absolute Gasteiger partial charge is 0.463 e. The lowest BCUT2D eigenvalue weighted by atomic mass is 9.82. The highest BCUT2D eigenvalue weighted by molar-refractivity contribution is 8.24. The Morgan fingerprint density at radius 2 is 2.03 bits per heavy atom. The van der Waals surface area contributed by atoms with Crippen molar-refractivity contribution in [2.75, 3.05) is 12.9 Å². The van der Waals surface area contributed by atoms with Crippen molar-refractivity contribution in [3.63, 3.8) is 0 Å². The molecule has 0 fully saturated rings. The van der Waals surface area contributed by atoms with E-state index in [1.165, 1.54) is 38.4 Å². The molecule has 2 aromatic rings. The smallest absolute Gasteiger partial charge is 0.233 e. The summed E-state index contributed by atoms with van der Waals surface area (Å²) in [5.74, 6) is 4.20. The van der Waals surface area contributed by atoms with Gasteiger partial charge in [0.1, 0.15) is 21.1 Å². The third kappa shape index (κ3) is 5.23. The predicted octanol–water partition coefficient (Wildman–Crippen LogP) is 4.08. The van der Waals surface area contributed by atoms with Crippen LogP contribution in [0.25, 0.3) is 11.9 Å². The highest BCUT2D eigenvalue weighted by Gasteiger charge is 2.52. The van der Waals surface area contributed by atoms with Crippen LogP contribution < -0.4 is 10.5 Å². The van der Waals surface area contributed by atoms with Gasteiger partial charge in [0.25, 0.3) is 0 Å². The number of aliphatic imine (C=N–C) groups is 1. The molecule has 0 aliphatic carbocycles. The van der Waals surface area contributed by atoms with E-state index in [9.17, 15) is 12.8 Å². The molecule has 0 saturated carbocycles. The molecule has 1 aliphatic rings. The van der Waals surface area contributed by atoms with Gasteiger partial charge in [0.15, 0.2) is 27.4 Å². The number of nitrogens with two attached hydrogens (primary N) is 1. The molecule has 3 rings (SSSR count). The molecule has 2 N–H and O–H groups in total. The first-order valence-corrected chi connectivity index (χ1v) is 13.0. The van der Waals surface area contributed by atoms with Gasteiger partial charge in [0.2, 0.25) is 5.88 Å². The Morgan fingerprint density at radius 1 is 1.31 bits per heavy atom. The van der Waals surface area contributed by atoms with Crippen LogP contribution in [-0.4, -0.2) is 40.5 Å². The fourth-order valence-electron chi connectivity index (χ4n) is 3.46. The summed E-state index contributed by atoms with van der Waals surface area (Å²) >= 11 is 0.839. The summed E-state index contributed by atoms with van der Waals surface area (Å²) in [5, 5.41) is -0.0261. The second-order valence-electron chi connectivity index (χ2n) is 8.01. The number of ether oxygens (including phenoxy) is 1. The van der Waals surface area contributed by atoms with E-state index in [1.54, 1.807) is 6.92 Å². The van der Waals surface area contributed by atoms with Crippen LogP contribution in [0.4, 0.5) is 8.78 Å². The highest BCUT2D eigenvalue weighted by Crippen LogP contribution is 2.51. The Morgan fingerprint density at radius 3 is 2.63 bits per heavy atom. The molecule has 0 amide bonds.